The molecule has 1 aliphatic rings. The molecule has 1 saturated heterocycles. The van der Waals surface area contributed by atoms with Gasteiger partial charge in [-0.25, -0.2) is 25.4 Å². The molecule has 0 bridgehead atoms. The van der Waals surface area contributed by atoms with Crippen LogP contribution in [0.15, 0.2) is 0 Å². The quantitative estimate of drug-likeness (QED) is 0.589. The Balaban J connectivity index is 2.35. The van der Waals surface area contributed by atoms with Gasteiger partial charge in [-0.05, 0) is 31.1 Å². The number of rotatable bonds is 10. The van der Waals surface area contributed by atoms with Gasteiger partial charge in [0.05, 0.1) is 12.0 Å². The first kappa shape index (κ1) is 20.9. The normalized spacial score (nSPS) is 21.6. The Labute approximate surface area is 142 Å². The molecule has 0 spiro atoms. The summed E-state index contributed by atoms with van der Waals surface area (Å²) in [5.74, 6) is 0.989. The van der Waals surface area contributed by atoms with Crippen molar-refractivity contribution in [3.8, 4) is 0 Å². The molecule has 0 amide bonds. The topological polar surface area (TPSA) is 74.8 Å². The second-order valence-corrected chi connectivity index (χ2v) is 11.1. The lowest BCUT2D eigenvalue weighted by molar-refractivity contribution is 0.316. The van der Waals surface area contributed by atoms with Crippen molar-refractivity contribution in [2.75, 3.05) is 38.7 Å². The predicted molar refractivity (Wildman–Crippen MR) is 94.2 cm³/mol. The molecular weight excluding hydrogens is 336 g/mol. The zero-order chi connectivity index (χ0) is 17.7. The average molecular weight is 369 g/mol. The van der Waals surface area contributed by atoms with E-state index < -0.39 is 20.0 Å². The van der Waals surface area contributed by atoms with Gasteiger partial charge in [0.15, 0.2) is 0 Å². The zero-order valence-electron chi connectivity index (χ0n) is 14.9. The first-order chi connectivity index (χ1) is 10.6. The maximum atomic E-state index is 11.9. The molecule has 1 unspecified atom stereocenters. The van der Waals surface area contributed by atoms with Gasteiger partial charge >= 0.3 is 0 Å². The molecule has 2 atom stereocenters. The summed E-state index contributed by atoms with van der Waals surface area (Å²) in [6.07, 6.45) is 5.91. The SMILES string of the molecule is CCC(CCC[C@H](C)CN(C)S(C)(=O)=O)CN1CCCS1(=O)=O. The third-order valence-corrected chi connectivity index (χ3v) is 7.89. The van der Waals surface area contributed by atoms with Gasteiger partial charge in [-0.3, -0.25) is 0 Å². The highest BCUT2D eigenvalue weighted by Crippen LogP contribution is 2.22. The smallest absolute Gasteiger partial charge is 0.213 e. The van der Waals surface area contributed by atoms with E-state index >= 15 is 0 Å². The second-order valence-electron chi connectivity index (χ2n) is 6.88. The fourth-order valence-corrected chi connectivity index (χ4v) is 5.15. The van der Waals surface area contributed by atoms with Gasteiger partial charge in [-0.1, -0.05) is 26.7 Å². The molecule has 0 aromatic carbocycles. The standard InChI is InChI=1S/C15H32N2O4S2/c1-5-15(13-17-10-7-11-23(17,20)21)9-6-8-14(2)12-16(3)22(4,18)19/h14-15H,5-13H2,1-4H3/t14-,15?/m0/s1. The van der Waals surface area contributed by atoms with Gasteiger partial charge in [-0.2, -0.15) is 0 Å². The molecule has 0 radical (unpaired) electrons. The van der Waals surface area contributed by atoms with Crippen LogP contribution in [0.3, 0.4) is 0 Å². The maximum Gasteiger partial charge on any atom is 0.214 e. The third kappa shape index (κ3) is 7.07. The van der Waals surface area contributed by atoms with Crippen LogP contribution in [0.1, 0.15) is 46.0 Å². The van der Waals surface area contributed by atoms with E-state index in [0.717, 1.165) is 32.1 Å². The fraction of sp³-hybridized carbons (Fsp3) is 1.00. The summed E-state index contributed by atoms with van der Waals surface area (Å²) in [5.41, 5.74) is 0. The van der Waals surface area contributed by atoms with E-state index in [-0.39, 0.29) is 5.75 Å². The summed E-state index contributed by atoms with van der Waals surface area (Å²) in [6.45, 7) is 6.00. The number of hydrogen-bond donors (Lipinski definition) is 0. The summed E-state index contributed by atoms with van der Waals surface area (Å²) in [7, 11) is -4.51. The van der Waals surface area contributed by atoms with Crippen molar-refractivity contribution in [1.82, 2.24) is 8.61 Å². The highest BCUT2D eigenvalue weighted by molar-refractivity contribution is 7.89. The van der Waals surface area contributed by atoms with Crippen LogP contribution < -0.4 is 0 Å². The minimum Gasteiger partial charge on any atom is -0.213 e. The molecule has 1 aliphatic heterocycles. The summed E-state index contributed by atoms with van der Waals surface area (Å²) in [6, 6.07) is 0. The average Bonchev–Trinajstić information content (AvgIpc) is 2.75. The first-order valence-electron chi connectivity index (χ1n) is 8.45. The first-order valence-corrected chi connectivity index (χ1v) is 11.9. The van der Waals surface area contributed by atoms with Gasteiger partial charge in [0.2, 0.25) is 20.0 Å². The van der Waals surface area contributed by atoms with E-state index in [9.17, 15) is 16.8 Å². The van der Waals surface area contributed by atoms with Crippen LogP contribution in [0.5, 0.6) is 0 Å². The molecule has 1 rings (SSSR count). The molecule has 1 fully saturated rings. The van der Waals surface area contributed by atoms with Crippen molar-refractivity contribution in [3.63, 3.8) is 0 Å². The lowest BCUT2D eigenvalue weighted by Crippen LogP contribution is -2.31. The minimum atomic E-state index is -3.11. The Hall–Kier alpha value is -0.180. The van der Waals surface area contributed by atoms with Gasteiger partial charge in [0.25, 0.3) is 0 Å². The van der Waals surface area contributed by atoms with Gasteiger partial charge < -0.3 is 0 Å². The highest BCUT2D eigenvalue weighted by Gasteiger charge is 2.29. The van der Waals surface area contributed by atoms with Crippen molar-refractivity contribution in [3.05, 3.63) is 0 Å². The lowest BCUT2D eigenvalue weighted by atomic mass is 9.95. The molecule has 0 saturated carbocycles. The van der Waals surface area contributed by atoms with Gasteiger partial charge in [0, 0.05) is 26.7 Å². The Bertz CT molecular complexity index is 560. The Morgan fingerprint density at radius 3 is 2.39 bits per heavy atom. The van der Waals surface area contributed by atoms with E-state index in [0.29, 0.717) is 31.5 Å². The van der Waals surface area contributed by atoms with Gasteiger partial charge in [-0.15, -0.1) is 0 Å². The molecule has 23 heavy (non-hydrogen) atoms. The lowest BCUT2D eigenvalue weighted by Gasteiger charge is -2.23. The molecule has 8 heteroatoms. The summed E-state index contributed by atoms with van der Waals surface area (Å²) in [5, 5.41) is 0. The van der Waals surface area contributed by atoms with Crippen LogP contribution in [0.25, 0.3) is 0 Å². The van der Waals surface area contributed by atoms with E-state index in [4.69, 9.17) is 0 Å². The Kier molecular flexibility index (Phi) is 7.97. The molecule has 0 N–H and O–H groups in total. The Morgan fingerprint density at radius 2 is 1.91 bits per heavy atom. The molecular formula is C15H32N2O4S2. The van der Waals surface area contributed by atoms with Gasteiger partial charge in [0.1, 0.15) is 0 Å². The second kappa shape index (κ2) is 8.78. The number of hydrogen-bond acceptors (Lipinski definition) is 4. The minimum absolute atomic E-state index is 0.290. The summed E-state index contributed by atoms with van der Waals surface area (Å²) >= 11 is 0. The molecule has 0 aromatic rings. The third-order valence-electron chi connectivity index (χ3n) is 4.69. The van der Waals surface area contributed by atoms with Crippen molar-refractivity contribution < 1.29 is 16.8 Å². The van der Waals surface area contributed by atoms with Crippen LogP contribution in [-0.4, -0.2) is 64.1 Å². The molecule has 0 aliphatic carbocycles. The van der Waals surface area contributed by atoms with Crippen LogP contribution >= 0.6 is 0 Å². The molecule has 6 nitrogen and oxygen atoms in total. The maximum absolute atomic E-state index is 11.9. The van der Waals surface area contributed by atoms with Crippen molar-refractivity contribution >= 4 is 20.0 Å². The molecule has 138 valence electrons. The fourth-order valence-electron chi connectivity index (χ4n) is 3.03. The van der Waals surface area contributed by atoms with E-state index in [1.54, 1.807) is 11.4 Å². The van der Waals surface area contributed by atoms with Crippen molar-refractivity contribution in [1.29, 1.82) is 0 Å². The number of nitrogens with zero attached hydrogens (tertiary/aromatic N) is 2. The summed E-state index contributed by atoms with van der Waals surface area (Å²) < 4.78 is 49.6. The monoisotopic (exact) mass is 368 g/mol. The van der Waals surface area contributed by atoms with E-state index in [1.165, 1.54) is 10.6 Å². The predicted octanol–water partition coefficient (Wildman–Crippen LogP) is 1.75. The molecule has 1 heterocycles. The largest absolute Gasteiger partial charge is 0.214 e. The van der Waals surface area contributed by atoms with Crippen molar-refractivity contribution in [2.45, 2.75) is 46.0 Å². The van der Waals surface area contributed by atoms with Crippen LogP contribution in [0, 0.1) is 11.8 Å². The zero-order valence-corrected chi connectivity index (χ0v) is 16.5. The number of sulfonamides is 2. The van der Waals surface area contributed by atoms with Crippen molar-refractivity contribution in [2.24, 2.45) is 11.8 Å². The molecule has 0 aromatic heterocycles. The highest BCUT2D eigenvalue weighted by atomic mass is 32.2. The Morgan fingerprint density at radius 1 is 1.26 bits per heavy atom. The van der Waals surface area contributed by atoms with E-state index in [1.807, 2.05) is 0 Å². The van der Waals surface area contributed by atoms with Crippen LogP contribution in [0.2, 0.25) is 0 Å². The summed E-state index contributed by atoms with van der Waals surface area (Å²) in [4.78, 5) is 0. The van der Waals surface area contributed by atoms with Crippen LogP contribution in [-0.2, 0) is 20.0 Å². The van der Waals surface area contributed by atoms with E-state index in [2.05, 4.69) is 13.8 Å². The van der Waals surface area contributed by atoms with Crippen LogP contribution in [0.4, 0.5) is 0 Å².